The van der Waals surface area contributed by atoms with Crippen LogP contribution in [0.1, 0.15) is 10.4 Å². The Bertz CT molecular complexity index is 542. The molecule has 2 aromatic rings. The van der Waals surface area contributed by atoms with Crippen molar-refractivity contribution in [2.45, 2.75) is 0 Å². The first kappa shape index (κ1) is 12.3. The van der Waals surface area contributed by atoms with Gasteiger partial charge in [-0.25, -0.2) is 0 Å². The van der Waals surface area contributed by atoms with Crippen molar-refractivity contribution in [2.75, 3.05) is 19.5 Å². The van der Waals surface area contributed by atoms with Crippen LogP contribution in [0.3, 0.4) is 0 Å². The quantitative estimate of drug-likeness (QED) is 0.912. The molecular formula is C11H11N3O3S. The fourth-order valence-electron chi connectivity index (χ4n) is 1.46. The van der Waals surface area contributed by atoms with Crippen molar-refractivity contribution in [2.24, 2.45) is 0 Å². The van der Waals surface area contributed by atoms with Crippen molar-refractivity contribution in [3.8, 4) is 11.5 Å². The van der Waals surface area contributed by atoms with Crippen molar-refractivity contribution < 1.29 is 14.3 Å². The second-order valence-corrected chi connectivity index (χ2v) is 4.07. The normalized spacial score (nSPS) is 9.89. The van der Waals surface area contributed by atoms with E-state index >= 15 is 0 Å². The number of para-hydroxylation sites is 1. The summed E-state index contributed by atoms with van der Waals surface area (Å²) in [7, 11) is 3.00. The maximum Gasteiger partial charge on any atom is 0.261 e. The number of nitrogens with zero attached hydrogens (tertiary/aromatic N) is 2. The maximum atomic E-state index is 12.1. The molecular weight excluding hydrogens is 254 g/mol. The van der Waals surface area contributed by atoms with Crippen LogP contribution in [0, 0.1) is 0 Å². The van der Waals surface area contributed by atoms with E-state index in [1.165, 1.54) is 25.6 Å². The Labute approximate surface area is 108 Å². The molecule has 0 fully saturated rings. The van der Waals surface area contributed by atoms with E-state index in [2.05, 4.69) is 15.5 Å². The Kier molecular flexibility index (Phi) is 3.73. The van der Waals surface area contributed by atoms with Crippen LogP contribution in [-0.4, -0.2) is 30.3 Å². The van der Waals surface area contributed by atoms with E-state index in [4.69, 9.17) is 9.47 Å². The van der Waals surface area contributed by atoms with Gasteiger partial charge in [-0.2, -0.15) is 0 Å². The van der Waals surface area contributed by atoms with Crippen LogP contribution < -0.4 is 14.8 Å². The summed E-state index contributed by atoms with van der Waals surface area (Å²) in [6.07, 6.45) is 0. The van der Waals surface area contributed by atoms with Crippen LogP contribution in [0.5, 0.6) is 11.5 Å². The van der Waals surface area contributed by atoms with Crippen LogP contribution in [0.25, 0.3) is 0 Å². The highest BCUT2D eigenvalue weighted by atomic mass is 32.1. The van der Waals surface area contributed by atoms with Gasteiger partial charge in [0, 0.05) is 0 Å². The van der Waals surface area contributed by atoms with E-state index in [-0.39, 0.29) is 5.91 Å². The number of hydrogen-bond donors (Lipinski definition) is 1. The summed E-state index contributed by atoms with van der Waals surface area (Å²) >= 11 is 1.24. The van der Waals surface area contributed by atoms with Crippen molar-refractivity contribution >= 4 is 22.4 Å². The van der Waals surface area contributed by atoms with Gasteiger partial charge in [0.25, 0.3) is 5.91 Å². The highest BCUT2D eigenvalue weighted by Crippen LogP contribution is 2.31. The zero-order valence-electron chi connectivity index (χ0n) is 9.84. The third kappa shape index (κ3) is 2.40. The number of methoxy groups -OCH3 is 2. The van der Waals surface area contributed by atoms with Gasteiger partial charge in [-0.3, -0.25) is 10.1 Å². The Morgan fingerprint density at radius 1 is 1.33 bits per heavy atom. The monoisotopic (exact) mass is 265 g/mol. The molecule has 0 aliphatic heterocycles. The Balaban J connectivity index is 2.29. The molecule has 7 heteroatoms. The Morgan fingerprint density at radius 3 is 2.78 bits per heavy atom. The Hall–Kier alpha value is -2.15. The van der Waals surface area contributed by atoms with E-state index < -0.39 is 0 Å². The average molecular weight is 265 g/mol. The van der Waals surface area contributed by atoms with Crippen molar-refractivity contribution in [3.63, 3.8) is 0 Å². The third-order valence-electron chi connectivity index (χ3n) is 2.23. The molecule has 2 rings (SSSR count). The van der Waals surface area contributed by atoms with Crippen LogP contribution >= 0.6 is 11.3 Å². The number of amides is 1. The van der Waals surface area contributed by atoms with Gasteiger partial charge in [-0.05, 0) is 12.1 Å². The van der Waals surface area contributed by atoms with Crippen LogP contribution in [0.4, 0.5) is 5.13 Å². The number of rotatable bonds is 4. The third-order valence-corrected chi connectivity index (χ3v) is 2.83. The summed E-state index contributed by atoms with van der Waals surface area (Å²) in [5.74, 6) is 0.576. The predicted octanol–water partition coefficient (Wildman–Crippen LogP) is 1.81. The van der Waals surface area contributed by atoms with E-state index in [0.717, 1.165) is 0 Å². The number of aromatic nitrogens is 2. The summed E-state index contributed by atoms with van der Waals surface area (Å²) in [5.41, 5.74) is 1.92. The minimum atomic E-state index is -0.317. The molecule has 0 atom stereocenters. The van der Waals surface area contributed by atoms with Crippen molar-refractivity contribution in [1.82, 2.24) is 10.2 Å². The van der Waals surface area contributed by atoms with Gasteiger partial charge in [0.15, 0.2) is 11.5 Å². The number of nitrogens with one attached hydrogen (secondary N) is 1. The molecule has 0 saturated carbocycles. The summed E-state index contributed by atoms with van der Waals surface area (Å²) in [6, 6.07) is 5.09. The number of anilines is 1. The van der Waals surface area contributed by atoms with Gasteiger partial charge >= 0.3 is 0 Å². The molecule has 0 bridgehead atoms. The molecule has 0 unspecified atom stereocenters. The van der Waals surface area contributed by atoms with Crippen molar-refractivity contribution in [1.29, 1.82) is 0 Å². The lowest BCUT2D eigenvalue weighted by molar-refractivity contribution is 0.102. The molecule has 1 aromatic carbocycles. The van der Waals surface area contributed by atoms with E-state index in [1.54, 1.807) is 23.7 Å². The standard InChI is InChI=1S/C11H11N3O3S/c1-16-8-5-3-4-7(9(8)17-2)10(15)13-11-14-12-6-18-11/h3-6H,1-2H3,(H,13,14,15). The number of hydrogen-bond acceptors (Lipinski definition) is 6. The first-order valence-electron chi connectivity index (χ1n) is 5.04. The topological polar surface area (TPSA) is 73.3 Å². The molecule has 1 aromatic heterocycles. The minimum Gasteiger partial charge on any atom is -0.493 e. The second kappa shape index (κ2) is 5.46. The van der Waals surface area contributed by atoms with Gasteiger partial charge in [0.2, 0.25) is 5.13 Å². The molecule has 0 spiro atoms. The largest absolute Gasteiger partial charge is 0.493 e. The average Bonchev–Trinajstić information content (AvgIpc) is 2.90. The highest BCUT2D eigenvalue weighted by Gasteiger charge is 2.17. The zero-order chi connectivity index (χ0) is 13.0. The molecule has 94 valence electrons. The number of benzene rings is 1. The Morgan fingerprint density at radius 2 is 2.17 bits per heavy atom. The maximum absolute atomic E-state index is 12.1. The molecule has 1 N–H and O–H groups in total. The molecule has 18 heavy (non-hydrogen) atoms. The van der Waals surface area contributed by atoms with Crippen LogP contribution in [0.15, 0.2) is 23.7 Å². The SMILES string of the molecule is COc1cccc(C(=O)Nc2nncs2)c1OC. The van der Waals surface area contributed by atoms with Gasteiger partial charge in [-0.1, -0.05) is 17.4 Å². The summed E-state index contributed by atoms with van der Waals surface area (Å²) < 4.78 is 10.3. The van der Waals surface area contributed by atoms with E-state index in [0.29, 0.717) is 22.2 Å². The minimum absolute atomic E-state index is 0.317. The molecule has 0 radical (unpaired) electrons. The van der Waals surface area contributed by atoms with Crippen LogP contribution in [-0.2, 0) is 0 Å². The molecule has 6 nitrogen and oxygen atoms in total. The first-order chi connectivity index (χ1) is 8.76. The smallest absolute Gasteiger partial charge is 0.261 e. The van der Waals surface area contributed by atoms with E-state index in [9.17, 15) is 4.79 Å². The van der Waals surface area contributed by atoms with Crippen LogP contribution in [0.2, 0.25) is 0 Å². The van der Waals surface area contributed by atoms with Gasteiger partial charge in [0.05, 0.1) is 19.8 Å². The summed E-state index contributed by atoms with van der Waals surface area (Å²) in [4.78, 5) is 12.1. The van der Waals surface area contributed by atoms with Gasteiger partial charge in [-0.15, -0.1) is 10.2 Å². The molecule has 1 heterocycles. The summed E-state index contributed by atoms with van der Waals surface area (Å²) in [6.45, 7) is 0. The second-order valence-electron chi connectivity index (χ2n) is 3.24. The zero-order valence-corrected chi connectivity index (χ0v) is 10.7. The highest BCUT2D eigenvalue weighted by molar-refractivity contribution is 7.13. The van der Waals surface area contributed by atoms with E-state index in [1.807, 2.05) is 0 Å². The molecule has 0 aliphatic rings. The molecule has 0 saturated heterocycles. The fourth-order valence-corrected chi connectivity index (χ4v) is 1.90. The lowest BCUT2D eigenvalue weighted by atomic mass is 10.1. The molecule has 1 amide bonds. The lowest BCUT2D eigenvalue weighted by Crippen LogP contribution is -2.13. The molecule has 0 aliphatic carbocycles. The van der Waals surface area contributed by atoms with Gasteiger partial charge in [0.1, 0.15) is 5.51 Å². The fraction of sp³-hybridized carbons (Fsp3) is 0.182. The van der Waals surface area contributed by atoms with Crippen molar-refractivity contribution in [3.05, 3.63) is 29.3 Å². The first-order valence-corrected chi connectivity index (χ1v) is 5.92. The summed E-state index contributed by atoms with van der Waals surface area (Å²) in [5, 5.41) is 10.5. The number of ether oxygens (including phenoxy) is 2. The lowest BCUT2D eigenvalue weighted by Gasteiger charge is -2.11. The van der Waals surface area contributed by atoms with Gasteiger partial charge < -0.3 is 9.47 Å². The number of carbonyl (C=O) groups excluding carboxylic acids is 1. The predicted molar refractivity (Wildman–Crippen MR) is 67.4 cm³/mol. The number of carbonyl (C=O) groups is 1.